The Balaban J connectivity index is 0.000000113. The van der Waals surface area contributed by atoms with Gasteiger partial charge in [-0.05, 0) is 265 Å². The highest BCUT2D eigenvalue weighted by Crippen LogP contribution is 2.39. The molecule has 1 saturated carbocycles. The van der Waals surface area contributed by atoms with Crippen molar-refractivity contribution in [3.05, 3.63) is 406 Å². The van der Waals surface area contributed by atoms with Gasteiger partial charge < -0.3 is 36.4 Å². The van der Waals surface area contributed by atoms with Crippen LogP contribution in [0.3, 0.4) is 0 Å². The number of hydrogen-bond acceptors (Lipinski definition) is 30. The van der Waals surface area contributed by atoms with E-state index in [9.17, 15) is 4.39 Å². The summed E-state index contributed by atoms with van der Waals surface area (Å²) in [4.78, 5) is 58.9. The van der Waals surface area contributed by atoms with Crippen LogP contribution < -0.4 is 4.74 Å². The Bertz CT molecular complexity index is 8160. The molecule has 0 saturated heterocycles. The Morgan fingerprint density at radius 1 is 0.311 bits per heavy atom. The van der Waals surface area contributed by atoms with Crippen LogP contribution in [0.5, 0.6) is 11.5 Å². The van der Waals surface area contributed by atoms with Gasteiger partial charge in [-0.25, -0.2) is 4.39 Å². The molecule has 14 aromatic heterocycles. The summed E-state index contributed by atoms with van der Waals surface area (Å²) >= 11 is 0. The summed E-state index contributed by atoms with van der Waals surface area (Å²) in [5, 5.41) is 41.6. The number of nitriles is 1. The topological polar surface area (TPSA) is 396 Å². The molecule has 0 radical (unpaired) electrons. The maximum absolute atomic E-state index is 13.4. The predicted octanol–water partition coefficient (Wildman–Crippen LogP) is 27.5. The molecule has 0 atom stereocenters. The van der Waals surface area contributed by atoms with Crippen molar-refractivity contribution in [2.45, 2.75) is 91.9 Å². The average Bonchev–Trinajstić information content (AvgIpc) is 1.64. The Hall–Kier alpha value is -19.2. The van der Waals surface area contributed by atoms with Crippen LogP contribution in [-0.2, 0) is 12.8 Å². The minimum Gasteiger partial charge on any atom is -0.457 e. The molecular weight excluding hydrogens is 1860 g/mol. The molecule has 0 N–H and O–H groups in total. The first-order chi connectivity index (χ1) is 72.8. The second kappa shape index (κ2) is 49.4. The number of fused-ring (bicyclic) bond motifs is 2. The van der Waals surface area contributed by atoms with Gasteiger partial charge >= 0.3 is 0 Å². The monoisotopic (exact) mass is 1960 g/mol. The van der Waals surface area contributed by atoms with Gasteiger partial charge in [-0.1, -0.05) is 198 Å². The molecule has 9 aromatic carbocycles. The molecule has 0 aliphatic heterocycles. The summed E-state index contributed by atoms with van der Waals surface area (Å²) in [6.07, 6.45) is 33.3. The maximum Gasteiger partial charge on any atom is 0.258 e. The molecule has 30 nitrogen and oxygen atoms in total. The second-order valence-corrected chi connectivity index (χ2v) is 35.1. The number of aromatic nitrogens is 21. The Morgan fingerprint density at radius 3 is 1.20 bits per heavy atom. The van der Waals surface area contributed by atoms with Gasteiger partial charge in [-0.2, -0.15) is 40.1 Å². The number of ether oxygens (including phenoxy) is 1. The summed E-state index contributed by atoms with van der Waals surface area (Å²) in [5.41, 5.74) is 13.9. The van der Waals surface area contributed by atoms with Crippen LogP contribution in [0, 0.1) is 34.9 Å². The van der Waals surface area contributed by atoms with Gasteiger partial charge in [0.15, 0.2) is 0 Å². The van der Waals surface area contributed by atoms with Gasteiger partial charge in [0, 0.05) is 165 Å². The van der Waals surface area contributed by atoms with Crippen molar-refractivity contribution < 1.29 is 40.8 Å². The molecule has 0 bridgehead atoms. The number of hydrogen-bond donors (Lipinski definition) is 0. The zero-order valence-electron chi connectivity index (χ0n) is 81.2. The van der Waals surface area contributed by atoms with Crippen LogP contribution in [0.4, 0.5) is 4.39 Å². The fraction of sp³-hybridized carbons (Fsp3) is 0.145. The molecule has 14 heterocycles. The van der Waals surface area contributed by atoms with Crippen molar-refractivity contribution in [2.75, 3.05) is 0 Å². The number of para-hydroxylation sites is 1. The van der Waals surface area contributed by atoms with Crippen molar-refractivity contribution in [1.82, 2.24) is 106 Å². The van der Waals surface area contributed by atoms with Crippen LogP contribution in [0.25, 0.3) is 170 Å². The molecule has 730 valence electrons. The van der Waals surface area contributed by atoms with E-state index in [0.717, 1.165) is 119 Å². The Labute approximate surface area is 850 Å². The number of benzene rings is 9. The molecule has 1 fully saturated rings. The third-order valence-corrected chi connectivity index (χ3v) is 23.7. The van der Waals surface area contributed by atoms with E-state index in [1.54, 1.807) is 98.9 Å². The average molecular weight is 1960 g/mol. The fourth-order valence-electron chi connectivity index (χ4n) is 16.0. The molecule has 1 aliphatic rings. The second-order valence-electron chi connectivity index (χ2n) is 35.1. The summed E-state index contributed by atoms with van der Waals surface area (Å²) in [7, 11) is 0. The number of halogens is 1. The van der Waals surface area contributed by atoms with Crippen LogP contribution in [0.1, 0.15) is 102 Å². The highest BCUT2D eigenvalue weighted by molar-refractivity contribution is 5.95. The standard InChI is InChI=1S/C19H13N3O2.C18H19N3O.2C17H11N3O.C17H17N3O.C15H19N3O.C14H7FN4O/c1-2-6-16(7-3-1)23-17-8-4-5-15(13-17)19-21-18(22-24-19)14-9-11-20-12-10-14;1-13(2)6-7-14-4-3-5-16(12-14)18-20-17(21-22-18)15-8-10-19-11-9-15;1-2-6-14-12(4-1)5-3-7-15(14)17-19-16(20-21-17)13-8-10-18-11-9-13;1-2-4-14-11-15(6-5-12(14)3-1)17-19-16(20-21-17)13-7-9-18-10-8-13;1-12(2)10-13-4-3-5-15(11-13)16-19-17(21-20-16)14-6-8-18-9-7-14;1-2-11-3-5-13(6-4-11)15-17-14(18-19-15)12-7-9-16-10-8-12;15-12-6-9(8-16)5-11(7-12)14-18-13(19-20-14)10-1-3-17-4-2-10/h1-13H;3-5,8-13H,6-7H2,1-2H3;2*1-11H;3-9,11-12H,10H2,1-2H3;7-11,13H,2-6H2,1H3;1-7H. The molecule has 23 aromatic rings. The number of aryl methyl sites for hydroxylation is 1. The normalized spacial score (nSPS) is 12.4. The SMILES string of the molecule is CC(C)CCc1cccc(-c2nc(-c3ccncc3)no2)c1.CC(C)Cc1cccc(-c2noc(-c3ccncc3)n2)c1.CCC1CCC(c2nc(-c3ccncc3)no2)CC1.N#Cc1cc(F)cc(-c2nc(-c3ccncc3)no2)c1.c1ccc(Oc2cccc(-c3nc(-c4ccncc4)no3)c2)cc1.c1ccc2c(-c3nc(-c4ccncc4)no3)cccc2c1.c1ccc2cc(-c3nc(-c4ccncc4)no3)ccc2c1. The lowest BCUT2D eigenvalue weighted by Gasteiger charge is -2.25. The van der Waals surface area contributed by atoms with E-state index in [4.69, 9.17) is 41.7 Å². The van der Waals surface area contributed by atoms with E-state index < -0.39 is 5.82 Å². The first-order valence-corrected chi connectivity index (χ1v) is 48.2. The molecule has 1 aliphatic carbocycles. The quantitative estimate of drug-likeness (QED) is 0.0608. The maximum atomic E-state index is 13.4. The van der Waals surface area contributed by atoms with Crippen molar-refractivity contribution in [2.24, 2.45) is 17.8 Å². The van der Waals surface area contributed by atoms with Crippen molar-refractivity contribution in [3.8, 4) is 166 Å². The molecule has 0 spiro atoms. The first kappa shape index (κ1) is 98.9. The molecule has 0 unspecified atom stereocenters. The lowest BCUT2D eigenvalue weighted by atomic mass is 9.81. The van der Waals surface area contributed by atoms with Crippen LogP contribution >= 0.6 is 0 Å². The van der Waals surface area contributed by atoms with Gasteiger partial charge in [0.1, 0.15) is 17.3 Å². The molecule has 0 amide bonds. The number of pyridine rings is 7. The van der Waals surface area contributed by atoms with Crippen molar-refractivity contribution in [3.63, 3.8) is 0 Å². The predicted molar refractivity (Wildman–Crippen MR) is 558 cm³/mol. The number of nitrogens with zero attached hydrogens (tertiary/aromatic N) is 22. The van der Waals surface area contributed by atoms with E-state index in [2.05, 4.69) is 207 Å². The van der Waals surface area contributed by atoms with Crippen LogP contribution in [-0.4, -0.2) is 106 Å². The molecular formula is C117H97FN22O8. The van der Waals surface area contributed by atoms with Gasteiger partial charge in [-0.3, -0.25) is 34.9 Å². The van der Waals surface area contributed by atoms with Crippen molar-refractivity contribution >= 4 is 21.5 Å². The zero-order chi connectivity index (χ0) is 101. The van der Waals surface area contributed by atoms with E-state index in [-0.39, 0.29) is 11.5 Å². The Morgan fingerprint density at radius 2 is 0.696 bits per heavy atom. The van der Waals surface area contributed by atoms with Gasteiger partial charge in [0.25, 0.3) is 35.3 Å². The largest absolute Gasteiger partial charge is 0.457 e. The third-order valence-electron chi connectivity index (χ3n) is 23.7. The highest BCUT2D eigenvalue weighted by atomic mass is 19.1. The van der Waals surface area contributed by atoms with Crippen molar-refractivity contribution in [1.29, 1.82) is 5.26 Å². The summed E-state index contributed by atoms with van der Waals surface area (Å²) in [6.45, 7) is 11.2. The number of rotatable bonds is 22. The molecule has 148 heavy (non-hydrogen) atoms. The Kier molecular flexibility index (Phi) is 33.0. The van der Waals surface area contributed by atoms with E-state index in [1.165, 1.54) is 67.2 Å². The zero-order valence-corrected chi connectivity index (χ0v) is 81.2. The lowest BCUT2D eigenvalue weighted by Crippen LogP contribution is -2.12. The minimum absolute atomic E-state index is 0.160. The van der Waals surface area contributed by atoms with Gasteiger partial charge in [0.2, 0.25) is 46.7 Å². The van der Waals surface area contributed by atoms with Crippen LogP contribution in [0.15, 0.2) is 410 Å². The first-order valence-electron chi connectivity index (χ1n) is 48.2. The van der Waals surface area contributed by atoms with E-state index in [1.807, 2.05) is 200 Å². The lowest BCUT2D eigenvalue weighted by molar-refractivity contribution is 0.267. The third kappa shape index (κ3) is 26.7. The smallest absolute Gasteiger partial charge is 0.258 e. The van der Waals surface area contributed by atoms with E-state index in [0.29, 0.717) is 99.3 Å². The fourth-order valence-corrected chi connectivity index (χ4v) is 16.0. The van der Waals surface area contributed by atoms with Gasteiger partial charge in [-0.15, -0.1) is 0 Å². The summed E-state index contributed by atoms with van der Waals surface area (Å²) in [5.74, 6) is 11.1. The van der Waals surface area contributed by atoms with Gasteiger partial charge in [0.05, 0.1) is 11.6 Å². The minimum atomic E-state index is -0.525. The van der Waals surface area contributed by atoms with E-state index >= 15 is 0 Å². The summed E-state index contributed by atoms with van der Waals surface area (Å²) < 4.78 is 56.7. The molecule has 24 rings (SSSR count). The molecule has 31 heteroatoms. The van der Waals surface area contributed by atoms with Crippen LogP contribution in [0.2, 0.25) is 0 Å². The highest BCUT2D eigenvalue weighted by Gasteiger charge is 2.27. The summed E-state index contributed by atoms with van der Waals surface area (Å²) in [6, 6.07) is 93.9.